The zero-order valence-electron chi connectivity index (χ0n) is 14.3. The Morgan fingerprint density at radius 3 is 2.65 bits per heavy atom. The smallest absolute Gasteiger partial charge is 0.271 e. The van der Waals surface area contributed by atoms with Gasteiger partial charge < -0.3 is 10.2 Å². The lowest BCUT2D eigenvalue weighted by molar-refractivity contribution is -0.133. The molecular weight excluding hydrogens is 394 g/mol. The molecule has 26 heavy (non-hydrogen) atoms. The zero-order valence-corrected chi connectivity index (χ0v) is 16.8. The lowest BCUT2D eigenvalue weighted by atomic mass is 10.1. The van der Waals surface area contributed by atoms with Gasteiger partial charge in [0, 0.05) is 31.4 Å². The van der Waals surface area contributed by atoms with Gasteiger partial charge in [0.05, 0.1) is 6.42 Å². The first-order chi connectivity index (χ1) is 12.0. The van der Waals surface area contributed by atoms with Gasteiger partial charge in [0.1, 0.15) is 4.21 Å². The van der Waals surface area contributed by atoms with E-state index in [-0.39, 0.29) is 28.6 Å². The summed E-state index contributed by atoms with van der Waals surface area (Å²) >= 11 is 1.17. The number of hydrogen-bond donors (Lipinski definition) is 2. The monoisotopic (exact) mass is 415 g/mol. The third kappa shape index (κ3) is 4.97. The normalized spacial score (nSPS) is 17.4. The summed E-state index contributed by atoms with van der Waals surface area (Å²) in [7, 11) is -3.54. The van der Waals surface area contributed by atoms with Gasteiger partial charge in [-0.3, -0.25) is 9.52 Å². The van der Waals surface area contributed by atoms with Crippen LogP contribution in [-0.4, -0.2) is 44.9 Å². The molecule has 3 rings (SSSR count). The van der Waals surface area contributed by atoms with E-state index < -0.39 is 10.0 Å². The summed E-state index contributed by atoms with van der Waals surface area (Å²) in [6.07, 6.45) is 0.322. The Morgan fingerprint density at radius 1 is 1.31 bits per heavy atom. The van der Waals surface area contributed by atoms with Crippen molar-refractivity contribution in [1.82, 2.24) is 10.2 Å². The van der Waals surface area contributed by atoms with Crippen LogP contribution in [0, 0.1) is 0 Å². The number of piperazine rings is 1. The molecule has 0 aliphatic carbocycles. The molecule has 0 radical (unpaired) electrons. The number of nitrogens with zero attached hydrogens (tertiary/aromatic N) is 1. The van der Waals surface area contributed by atoms with Crippen molar-refractivity contribution in [3.05, 3.63) is 47.3 Å². The fourth-order valence-corrected chi connectivity index (χ4v) is 4.85. The highest BCUT2D eigenvalue weighted by Crippen LogP contribution is 2.20. The van der Waals surface area contributed by atoms with Crippen molar-refractivity contribution in [3.8, 4) is 0 Å². The minimum Gasteiger partial charge on any atom is -0.337 e. The second-order valence-corrected chi connectivity index (χ2v) is 8.91. The van der Waals surface area contributed by atoms with E-state index in [4.69, 9.17) is 0 Å². The van der Waals surface area contributed by atoms with Crippen molar-refractivity contribution < 1.29 is 13.2 Å². The van der Waals surface area contributed by atoms with Crippen molar-refractivity contribution >= 4 is 45.4 Å². The van der Waals surface area contributed by atoms with Crippen LogP contribution >= 0.6 is 23.7 Å². The molecule has 1 atom stereocenters. The Bertz CT molecular complexity index is 823. The number of benzene rings is 1. The Balaban J connectivity index is 0.00000243. The number of anilines is 1. The lowest BCUT2D eigenvalue weighted by Crippen LogP contribution is -2.52. The van der Waals surface area contributed by atoms with Crippen LogP contribution in [-0.2, 0) is 21.2 Å². The first-order valence-electron chi connectivity index (χ1n) is 8.11. The average Bonchev–Trinajstić information content (AvgIpc) is 3.12. The van der Waals surface area contributed by atoms with E-state index in [0.29, 0.717) is 12.1 Å². The number of thiophene rings is 1. The van der Waals surface area contributed by atoms with Gasteiger partial charge in [-0.05, 0) is 36.1 Å². The SMILES string of the molecule is C[C@@H]1CNCCN1C(=O)Cc1ccc(NS(=O)(=O)c2cccs2)cc1.Cl. The first kappa shape index (κ1) is 20.7. The maximum Gasteiger partial charge on any atom is 0.271 e. The van der Waals surface area contributed by atoms with Crippen molar-refractivity contribution in [1.29, 1.82) is 0 Å². The number of nitrogens with one attached hydrogen (secondary N) is 2. The van der Waals surface area contributed by atoms with Crippen molar-refractivity contribution in [2.24, 2.45) is 0 Å². The Kier molecular flexibility index (Phi) is 7.05. The molecule has 9 heteroatoms. The van der Waals surface area contributed by atoms with Crippen LogP contribution in [0.1, 0.15) is 12.5 Å². The number of hydrogen-bond acceptors (Lipinski definition) is 5. The largest absolute Gasteiger partial charge is 0.337 e. The van der Waals surface area contributed by atoms with Gasteiger partial charge in [-0.15, -0.1) is 23.7 Å². The highest BCUT2D eigenvalue weighted by Gasteiger charge is 2.22. The van der Waals surface area contributed by atoms with Gasteiger partial charge in [-0.25, -0.2) is 8.42 Å². The number of carbonyl (C=O) groups is 1. The molecule has 2 N–H and O–H groups in total. The summed E-state index contributed by atoms with van der Waals surface area (Å²) < 4.78 is 27.2. The second kappa shape index (κ2) is 8.85. The summed E-state index contributed by atoms with van der Waals surface area (Å²) in [6, 6.07) is 10.4. The van der Waals surface area contributed by atoms with E-state index >= 15 is 0 Å². The maximum absolute atomic E-state index is 12.4. The standard InChI is InChI=1S/C17H21N3O3S2.ClH/c1-13-12-18-8-9-20(13)16(21)11-14-4-6-15(7-5-14)19-25(22,23)17-3-2-10-24-17;/h2-7,10,13,18-19H,8-9,11-12H2,1H3;1H/t13-;/m1./s1. The van der Waals surface area contributed by atoms with Gasteiger partial charge in [0.2, 0.25) is 5.91 Å². The summed E-state index contributed by atoms with van der Waals surface area (Å²) in [4.78, 5) is 14.3. The molecular formula is C17H22ClN3O3S2. The quantitative estimate of drug-likeness (QED) is 0.785. The topological polar surface area (TPSA) is 78.5 Å². The fourth-order valence-electron chi connectivity index (χ4n) is 2.80. The zero-order chi connectivity index (χ0) is 17.9. The first-order valence-corrected chi connectivity index (χ1v) is 10.5. The molecule has 6 nitrogen and oxygen atoms in total. The molecule has 142 valence electrons. The van der Waals surface area contributed by atoms with Crippen LogP contribution in [0.2, 0.25) is 0 Å². The highest BCUT2D eigenvalue weighted by molar-refractivity contribution is 7.94. The number of amides is 1. The molecule has 2 heterocycles. The summed E-state index contributed by atoms with van der Waals surface area (Å²) in [5.41, 5.74) is 1.36. The molecule has 0 saturated carbocycles. The van der Waals surface area contributed by atoms with Crippen molar-refractivity contribution in [3.63, 3.8) is 0 Å². The van der Waals surface area contributed by atoms with Crippen LogP contribution in [0.15, 0.2) is 46.0 Å². The van der Waals surface area contributed by atoms with Crippen molar-refractivity contribution in [2.45, 2.75) is 23.6 Å². The van der Waals surface area contributed by atoms with Crippen LogP contribution in [0.5, 0.6) is 0 Å². The number of rotatable bonds is 5. The average molecular weight is 416 g/mol. The molecule has 2 aromatic rings. The van der Waals surface area contributed by atoms with Gasteiger partial charge in [0.25, 0.3) is 10.0 Å². The predicted molar refractivity (Wildman–Crippen MR) is 107 cm³/mol. The molecule has 0 spiro atoms. The van der Waals surface area contributed by atoms with E-state index in [9.17, 15) is 13.2 Å². The third-order valence-electron chi connectivity index (χ3n) is 4.14. The Morgan fingerprint density at radius 2 is 2.04 bits per heavy atom. The predicted octanol–water partition coefficient (Wildman–Crippen LogP) is 2.33. The van der Waals surface area contributed by atoms with E-state index in [1.54, 1.807) is 41.8 Å². The van der Waals surface area contributed by atoms with Crippen LogP contribution < -0.4 is 10.0 Å². The van der Waals surface area contributed by atoms with E-state index in [1.165, 1.54) is 11.3 Å². The van der Waals surface area contributed by atoms with Crippen LogP contribution in [0.25, 0.3) is 0 Å². The minimum atomic E-state index is -3.54. The summed E-state index contributed by atoms with van der Waals surface area (Å²) in [6.45, 7) is 4.39. The molecule has 0 bridgehead atoms. The van der Waals surface area contributed by atoms with Crippen LogP contribution in [0.3, 0.4) is 0 Å². The number of sulfonamides is 1. The fraction of sp³-hybridized carbons (Fsp3) is 0.353. The highest BCUT2D eigenvalue weighted by atomic mass is 35.5. The van der Waals surface area contributed by atoms with Gasteiger partial charge >= 0.3 is 0 Å². The van der Waals surface area contributed by atoms with E-state index in [1.807, 2.05) is 11.8 Å². The molecule has 1 fully saturated rings. The summed E-state index contributed by atoms with van der Waals surface area (Å²) in [5, 5.41) is 4.99. The second-order valence-electron chi connectivity index (χ2n) is 6.05. The van der Waals surface area contributed by atoms with Crippen LogP contribution in [0.4, 0.5) is 5.69 Å². The van der Waals surface area contributed by atoms with Crippen molar-refractivity contribution in [2.75, 3.05) is 24.4 Å². The molecule has 1 amide bonds. The van der Waals surface area contributed by atoms with E-state index in [0.717, 1.165) is 25.2 Å². The number of halogens is 1. The molecule has 1 aliphatic rings. The lowest BCUT2D eigenvalue weighted by Gasteiger charge is -2.34. The minimum absolute atomic E-state index is 0. The Labute approximate surface area is 164 Å². The third-order valence-corrected chi connectivity index (χ3v) is 6.92. The van der Waals surface area contributed by atoms with Gasteiger partial charge in [0.15, 0.2) is 0 Å². The molecule has 1 aromatic heterocycles. The molecule has 1 aliphatic heterocycles. The molecule has 1 saturated heterocycles. The molecule has 0 unspecified atom stereocenters. The van der Waals surface area contributed by atoms with Gasteiger partial charge in [-0.2, -0.15) is 0 Å². The van der Waals surface area contributed by atoms with Gasteiger partial charge in [-0.1, -0.05) is 18.2 Å². The summed E-state index contributed by atoms with van der Waals surface area (Å²) in [5.74, 6) is 0.0981. The Hall–Kier alpha value is -1.61. The van der Waals surface area contributed by atoms with E-state index in [2.05, 4.69) is 10.0 Å². The number of carbonyl (C=O) groups excluding carboxylic acids is 1. The molecule has 1 aromatic carbocycles. The maximum atomic E-state index is 12.4.